The maximum atomic E-state index is 13.7. The van der Waals surface area contributed by atoms with Gasteiger partial charge in [-0.25, -0.2) is 12.8 Å². The second-order valence-corrected chi connectivity index (χ2v) is 14.6. The maximum Gasteiger partial charge on any atom is 0.251 e. The lowest BCUT2D eigenvalue weighted by Gasteiger charge is -2.35. The van der Waals surface area contributed by atoms with Crippen molar-refractivity contribution < 1.29 is 27.1 Å². The number of piperazine rings is 1. The molecule has 252 valence electrons. The molecule has 2 N–H and O–H groups in total. The molecular weight excluding hydrogens is 631 g/mol. The zero-order valence-electron chi connectivity index (χ0n) is 27.2. The topological polar surface area (TPSA) is 108 Å². The minimum absolute atomic E-state index is 0.212. The van der Waals surface area contributed by atoms with Gasteiger partial charge >= 0.3 is 0 Å². The van der Waals surface area contributed by atoms with Crippen LogP contribution in [0.4, 0.5) is 4.39 Å². The number of amides is 2. The van der Waals surface area contributed by atoms with Crippen molar-refractivity contribution in [2.45, 2.75) is 37.3 Å². The smallest absolute Gasteiger partial charge is 0.251 e. The molecule has 1 aliphatic heterocycles. The Morgan fingerprint density at radius 3 is 2.25 bits per heavy atom. The molecule has 0 unspecified atom stereocenters. The van der Waals surface area contributed by atoms with Crippen LogP contribution >= 0.6 is 0 Å². The van der Waals surface area contributed by atoms with Gasteiger partial charge in [0, 0.05) is 43.7 Å². The van der Waals surface area contributed by atoms with E-state index >= 15 is 0 Å². The highest BCUT2D eigenvalue weighted by molar-refractivity contribution is 7.88. The molecule has 11 heteroatoms. The highest BCUT2D eigenvalue weighted by Gasteiger charge is 2.38. The first-order valence-electron chi connectivity index (χ1n) is 16.3. The van der Waals surface area contributed by atoms with Crippen molar-refractivity contribution in [1.29, 1.82) is 0 Å². The molecule has 0 spiro atoms. The summed E-state index contributed by atoms with van der Waals surface area (Å²) in [6.07, 6.45) is 3.22. The van der Waals surface area contributed by atoms with Crippen molar-refractivity contribution >= 4 is 32.6 Å². The molecule has 0 aromatic heterocycles. The molecular formula is C37H41FN4O5S. The van der Waals surface area contributed by atoms with Gasteiger partial charge in [-0.3, -0.25) is 9.59 Å². The second kappa shape index (κ2) is 14.4. The number of rotatable bonds is 12. The lowest BCUT2D eigenvalue weighted by atomic mass is 10.00. The third kappa shape index (κ3) is 8.03. The Hall–Kier alpha value is -4.32. The van der Waals surface area contributed by atoms with Crippen LogP contribution in [0.5, 0.6) is 5.75 Å². The summed E-state index contributed by atoms with van der Waals surface area (Å²) in [6.45, 7) is 1.65. The van der Waals surface area contributed by atoms with Gasteiger partial charge in [-0.05, 0) is 95.7 Å². The normalized spacial score (nSPS) is 18.8. The van der Waals surface area contributed by atoms with E-state index in [9.17, 15) is 22.4 Å². The van der Waals surface area contributed by atoms with Gasteiger partial charge in [0.05, 0.1) is 13.4 Å². The SMILES string of the molecule is COc1ccc2cc(-c3ccc(C(=O)N[C@@H](CCCN[C@@H]4C[C@H]4c4ccc(F)cc4)C(=O)N4CCN(S(C)(=O)=O)CC4)cc3)ccc2c1. The van der Waals surface area contributed by atoms with Crippen LogP contribution < -0.4 is 15.4 Å². The number of fused-ring (bicyclic) bond motifs is 1. The highest BCUT2D eigenvalue weighted by Crippen LogP contribution is 2.40. The summed E-state index contributed by atoms with van der Waals surface area (Å²) >= 11 is 0. The summed E-state index contributed by atoms with van der Waals surface area (Å²) in [7, 11) is -1.70. The molecule has 9 nitrogen and oxygen atoms in total. The molecule has 2 aliphatic rings. The van der Waals surface area contributed by atoms with E-state index in [2.05, 4.69) is 16.7 Å². The molecule has 2 fully saturated rings. The Morgan fingerprint density at radius 1 is 0.896 bits per heavy atom. The average molecular weight is 673 g/mol. The summed E-state index contributed by atoms with van der Waals surface area (Å²) < 4.78 is 44.0. The van der Waals surface area contributed by atoms with Crippen molar-refractivity contribution in [2.24, 2.45) is 0 Å². The number of hydrogen-bond donors (Lipinski definition) is 2. The number of hydrogen-bond acceptors (Lipinski definition) is 6. The summed E-state index contributed by atoms with van der Waals surface area (Å²) in [5.41, 5.74) is 3.54. The monoisotopic (exact) mass is 672 g/mol. The minimum Gasteiger partial charge on any atom is -0.497 e. The van der Waals surface area contributed by atoms with Crippen molar-refractivity contribution in [2.75, 3.05) is 46.1 Å². The van der Waals surface area contributed by atoms with Crippen LogP contribution in [0.1, 0.15) is 41.1 Å². The van der Waals surface area contributed by atoms with E-state index in [0.717, 1.165) is 39.6 Å². The van der Waals surface area contributed by atoms with E-state index in [-0.39, 0.29) is 43.8 Å². The van der Waals surface area contributed by atoms with Gasteiger partial charge in [0.1, 0.15) is 17.6 Å². The van der Waals surface area contributed by atoms with Crippen molar-refractivity contribution in [3.05, 3.63) is 102 Å². The van der Waals surface area contributed by atoms with Gasteiger partial charge < -0.3 is 20.3 Å². The molecule has 48 heavy (non-hydrogen) atoms. The number of benzene rings is 4. The van der Waals surface area contributed by atoms with E-state index in [0.29, 0.717) is 36.9 Å². The van der Waals surface area contributed by atoms with Crippen LogP contribution in [0.25, 0.3) is 21.9 Å². The lowest BCUT2D eigenvalue weighted by Crippen LogP contribution is -2.55. The number of methoxy groups -OCH3 is 1. The number of carbonyl (C=O) groups excluding carboxylic acids is 2. The summed E-state index contributed by atoms with van der Waals surface area (Å²) in [6, 6.07) is 25.6. The van der Waals surface area contributed by atoms with E-state index in [1.165, 1.54) is 22.7 Å². The minimum atomic E-state index is -3.34. The summed E-state index contributed by atoms with van der Waals surface area (Å²) in [5, 5.41) is 8.65. The molecule has 0 bridgehead atoms. The molecule has 1 saturated carbocycles. The van der Waals surface area contributed by atoms with E-state index in [1.807, 2.05) is 54.6 Å². The van der Waals surface area contributed by atoms with Gasteiger partial charge in [0.15, 0.2) is 0 Å². The molecule has 0 radical (unpaired) electrons. The van der Waals surface area contributed by atoms with Crippen LogP contribution in [0.2, 0.25) is 0 Å². The molecule has 1 heterocycles. The lowest BCUT2D eigenvalue weighted by molar-refractivity contribution is -0.134. The van der Waals surface area contributed by atoms with Gasteiger partial charge in [0.25, 0.3) is 5.91 Å². The largest absolute Gasteiger partial charge is 0.497 e. The molecule has 1 saturated heterocycles. The predicted molar refractivity (Wildman–Crippen MR) is 185 cm³/mol. The van der Waals surface area contributed by atoms with Crippen LogP contribution in [0.3, 0.4) is 0 Å². The van der Waals surface area contributed by atoms with Gasteiger partial charge in [-0.2, -0.15) is 4.31 Å². The number of ether oxygens (including phenoxy) is 1. The predicted octanol–water partition coefficient (Wildman–Crippen LogP) is 4.78. The zero-order valence-corrected chi connectivity index (χ0v) is 28.0. The number of nitrogens with one attached hydrogen (secondary N) is 2. The Balaban J connectivity index is 1.09. The maximum absolute atomic E-state index is 13.7. The van der Waals surface area contributed by atoms with E-state index < -0.39 is 16.1 Å². The van der Waals surface area contributed by atoms with Crippen molar-refractivity contribution in [1.82, 2.24) is 19.8 Å². The average Bonchev–Trinajstić information content (AvgIpc) is 3.88. The van der Waals surface area contributed by atoms with Crippen LogP contribution in [-0.4, -0.2) is 87.6 Å². The molecule has 1 aliphatic carbocycles. The molecule has 4 aromatic carbocycles. The summed E-state index contributed by atoms with van der Waals surface area (Å²) in [5.74, 6) is 0.341. The first-order valence-corrected chi connectivity index (χ1v) is 18.2. The third-order valence-corrected chi connectivity index (χ3v) is 10.6. The fourth-order valence-corrected chi connectivity index (χ4v) is 7.22. The quantitative estimate of drug-likeness (QED) is 0.210. The van der Waals surface area contributed by atoms with Crippen LogP contribution in [0.15, 0.2) is 84.9 Å². The highest BCUT2D eigenvalue weighted by atomic mass is 32.2. The molecule has 3 atom stereocenters. The molecule has 4 aromatic rings. The number of nitrogens with zero attached hydrogens (tertiary/aromatic N) is 2. The Bertz CT molecular complexity index is 1880. The van der Waals surface area contributed by atoms with E-state index in [1.54, 1.807) is 24.1 Å². The number of halogens is 1. The van der Waals surface area contributed by atoms with Crippen LogP contribution in [0, 0.1) is 5.82 Å². The van der Waals surface area contributed by atoms with Crippen molar-refractivity contribution in [3.8, 4) is 16.9 Å². The van der Waals surface area contributed by atoms with Crippen molar-refractivity contribution in [3.63, 3.8) is 0 Å². The first-order chi connectivity index (χ1) is 23.1. The number of sulfonamides is 1. The Kier molecular flexibility index (Phi) is 10.1. The Labute approximate surface area is 281 Å². The second-order valence-electron chi connectivity index (χ2n) is 12.6. The fourth-order valence-electron chi connectivity index (χ4n) is 6.40. The van der Waals surface area contributed by atoms with Gasteiger partial charge in [-0.1, -0.05) is 42.5 Å². The zero-order chi connectivity index (χ0) is 33.8. The van der Waals surface area contributed by atoms with E-state index in [4.69, 9.17) is 4.74 Å². The first kappa shape index (κ1) is 33.6. The third-order valence-electron chi connectivity index (χ3n) is 9.32. The Morgan fingerprint density at radius 2 is 1.56 bits per heavy atom. The molecule has 6 rings (SSSR count). The summed E-state index contributed by atoms with van der Waals surface area (Å²) in [4.78, 5) is 28.8. The standard InChI is InChI=1S/C37H41FN4O5S/c1-47-32-16-13-29-22-28(9-10-30(29)23-32)25-5-7-27(8-6-25)36(43)40-34(37(44)41-18-20-42(21-19-41)48(2,45)46)4-3-17-39-35-24-33(35)26-11-14-31(38)15-12-26/h5-16,22-23,33-35,39H,3-4,17-21,24H2,1-2H3,(H,40,43)/t33-,34-,35+/m0/s1. The van der Waals surface area contributed by atoms with Gasteiger partial charge in [-0.15, -0.1) is 0 Å². The van der Waals surface area contributed by atoms with Gasteiger partial charge in [0.2, 0.25) is 15.9 Å². The fraction of sp³-hybridized carbons (Fsp3) is 0.351. The number of carbonyl (C=O) groups is 2. The van der Waals surface area contributed by atoms with Crippen LogP contribution in [-0.2, 0) is 14.8 Å². The molecule has 2 amide bonds.